The van der Waals surface area contributed by atoms with Crippen molar-refractivity contribution < 1.29 is 9.59 Å². The SMILES string of the molecule is CC(=O)c1ccccc1Nc1nc(NC2CCCCC2N)ccc1C(N)=O. The fourth-order valence-electron chi connectivity index (χ4n) is 3.39. The first-order valence-electron chi connectivity index (χ1n) is 9.15. The van der Waals surface area contributed by atoms with Crippen LogP contribution < -0.4 is 22.1 Å². The largest absolute Gasteiger partial charge is 0.366 e. The maximum atomic E-state index is 11.9. The Balaban J connectivity index is 1.91. The summed E-state index contributed by atoms with van der Waals surface area (Å²) in [5, 5.41) is 6.45. The average Bonchev–Trinajstić information content (AvgIpc) is 2.64. The number of carbonyl (C=O) groups is 2. The van der Waals surface area contributed by atoms with Gasteiger partial charge in [0.1, 0.15) is 11.6 Å². The Morgan fingerprint density at radius 3 is 2.52 bits per heavy atom. The molecule has 1 amide bonds. The molecule has 1 aliphatic rings. The van der Waals surface area contributed by atoms with Gasteiger partial charge in [0.2, 0.25) is 0 Å². The van der Waals surface area contributed by atoms with E-state index in [0.29, 0.717) is 22.9 Å². The van der Waals surface area contributed by atoms with Gasteiger partial charge in [0.15, 0.2) is 5.78 Å². The number of hydrogen-bond acceptors (Lipinski definition) is 6. The smallest absolute Gasteiger partial charge is 0.252 e. The van der Waals surface area contributed by atoms with Crippen LogP contribution >= 0.6 is 0 Å². The third-order valence-corrected chi connectivity index (χ3v) is 4.87. The minimum absolute atomic E-state index is 0.0752. The van der Waals surface area contributed by atoms with Crippen LogP contribution in [0.15, 0.2) is 36.4 Å². The van der Waals surface area contributed by atoms with Crippen LogP contribution in [0.1, 0.15) is 53.3 Å². The second kappa shape index (κ2) is 8.18. The Morgan fingerprint density at radius 2 is 1.81 bits per heavy atom. The van der Waals surface area contributed by atoms with Gasteiger partial charge in [-0.3, -0.25) is 9.59 Å². The van der Waals surface area contributed by atoms with Gasteiger partial charge in [-0.05, 0) is 44.0 Å². The predicted molar refractivity (Wildman–Crippen MR) is 106 cm³/mol. The highest BCUT2D eigenvalue weighted by atomic mass is 16.1. The summed E-state index contributed by atoms with van der Waals surface area (Å²) in [6, 6.07) is 10.6. The van der Waals surface area contributed by atoms with E-state index >= 15 is 0 Å². The van der Waals surface area contributed by atoms with Crippen molar-refractivity contribution in [3.63, 3.8) is 0 Å². The third kappa shape index (κ3) is 4.43. The molecule has 0 spiro atoms. The quantitative estimate of drug-likeness (QED) is 0.582. The maximum Gasteiger partial charge on any atom is 0.252 e. The molecule has 0 radical (unpaired) electrons. The number of benzene rings is 1. The average molecular weight is 367 g/mol. The summed E-state index contributed by atoms with van der Waals surface area (Å²) in [5.74, 6) is 0.253. The summed E-state index contributed by atoms with van der Waals surface area (Å²) in [6.07, 6.45) is 4.23. The Labute approximate surface area is 158 Å². The molecule has 1 aromatic heterocycles. The zero-order valence-electron chi connectivity index (χ0n) is 15.4. The van der Waals surface area contributed by atoms with Gasteiger partial charge in [-0.15, -0.1) is 0 Å². The first-order valence-corrected chi connectivity index (χ1v) is 9.15. The van der Waals surface area contributed by atoms with Gasteiger partial charge in [0, 0.05) is 17.6 Å². The number of nitrogens with one attached hydrogen (secondary N) is 2. The highest BCUT2D eigenvalue weighted by Gasteiger charge is 2.22. The number of nitrogens with two attached hydrogens (primary N) is 2. The Bertz CT molecular complexity index is 852. The number of amides is 1. The van der Waals surface area contributed by atoms with Crippen molar-refractivity contribution in [3.05, 3.63) is 47.5 Å². The van der Waals surface area contributed by atoms with Crippen molar-refractivity contribution in [1.82, 2.24) is 4.98 Å². The molecule has 7 nitrogen and oxygen atoms in total. The molecule has 3 rings (SSSR count). The van der Waals surface area contributed by atoms with E-state index in [-0.39, 0.29) is 23.4 Å². The summed E-state index contributed by atoms with van der Waals surface area (Å²) in [7, 11) is 0. The number of primary amides is 1. The monoisotopic (exact) mass is 367 g/mol. The molecule has 1 fully saturated rings. The molecule has 2 unspecified atom stereocenters. The molecule has 142 valence electrons. The lowest BCUT2D eigenvalue weighted by atomic mass is 9.91. The lowest BCUT2D eigenvalue weighted by Gasteiger charge is -2.29. The first kappa shape index (κ1) is 18.8. The molecule has 1 aliphatic carbocycles. The van der Waals surface area contributed by atoms with Crippen molar-refractivity contribution in [2.75, 3.05) is 10.6 Å². The number of pyridine rings is 1. The van der Waals surface area contributed by atoms with Crippen LogP contribution in [-0.2, 0) is 0 Å². The van der Waals surface area contributed by atoms with Crippen molar-refractivity contribution in [2.24, 2.45) is 11.5 Å². The minimum Gasteiger partial charge on any atom is -0.366 e. The van der Waals surface area contributed by atoms with E-state index in [1.54, 1.807) is 30.3 Å². The van der Waals surface area contributed by atoms with E-state index in [9.17, 15) is 9.59 Å². The molecule has 2 atom stereocenters. The molecule has 6 N–H and O–H groups in total. The van der Waals surface area contributed by atoms with Crippen LogP contribution in [0, 0.1) is 0 Å². The molecule has 2 aromatic rings. The highest BCUT2D eigenvalue weighted by Crippen LogP contribution is 2.26. The number of Topliss-reactive ketones (excluding diaryl/α,β-unsaturated/α-hetero) is 1. The van der Waals surface area contributed by atoms with Crippen molar-refractivity contribution in [3.8, 4) is 0 Å². The Morgan fingerprint density at radius 1 is 1.07 bits per heavy atom. The highest BCUT2D eigenvalue weighted by molar-refractivity contribution is 6.02. The van der Waals surface area contributed by atoms with Crippen LogP contribution in [0.25, 0.3) is 0 Å². The lowest BCUT2D eigenvalue weighted by molar-refractivity contribution is 0.0997. The Kier molecular flexibility index (Phi) is 5.71. The number of carbonyl (C=O) groups excluding carboxylic acids is 2. The number of nitrogens with zero attached hydrogens (tertiary/aromatic N) is 1. The van der Waals surface area contributed by atoms with Crippen molar-refractivity contribution >= 4 is 29.0 Å². The van der Waals surface area contributed by atoms with E-state index in [1.165, 1.54) is 6.92 Å². The summed E-state index contributed by atoms with van der Waals surface area (Å²) in [5.41, 5.74) is 13.0. The number of ketones is 1. The van der Waals surface area contributed by atoms with E-state index in [0.717, 1.165) is 25.7 Å². The van der Waals surface area contributed by atoms with Crippen LogP contribution in [0.3, 0.4) is 0 Å². The summed E-state index contributed by atoms with van der Waals surface area (Å²) >= 11 is 0. The standard InChI is InChI=1S/C20H25N5O2/c1-12(26)13-6-2-4-8-16(13)24-20-14(19(22)27)10-11-18(25-20)23-17-9-5-3-7-15(17)21/h2,4,6,8,10-11,15,17H,3,5,7,9,21H2,1H3,(H2,22,27)(H2,23,24,25). The van der Waals surface area contributed by atoms with Gasteiger partial charge in [-0.2, -0.15) is 0 Å². The lowest BCUT2D eigenvalue weighted by Crippen LogP contribution is -2.42. The second-order valence-electron chi connectivity index (χ2n) is 6.88. The molecule has 0 bridgehead atoms. The van der Waals surface area contributed by atoms with Gasteiger partial charge in [0.25, 0.3) is 5.91 Å². The van der Waals surface area contributed by atoms with Crippen LogP contribution in [0.4, 0.5) is 17.3 Å². The molecule has 0 aliphatic heterocycles. The predicted octanol–water partition coefficient (Wildman–Crippen LogP) is 2.81. The fraction of sp³-hybridized carbons (Fsp3) is 0.350. The maximum absolute atomic E-state index is 11.9. The summed E-state index contributed by atoms with van der Waals surface area (Å²) < 4.78 is 0. The van der Waals surface area contributed by atoms with E-state index in [1.807, 2.05) is 6.07 Å². The first-order chi connectivity index (χ1) is 13.0. The summed E-state index contributed by atoms with van der Waals surface area (Å²) in [4.78, 5) is 28.2. The van der Waals surface area contributed by atoms with Gasteiger partial charge in [0.05, 0.1) is 11.3 Å². The number of hydrogen-bond donors (Lipinski definition) is 4. The van der Waals surface area contributed by atoms with Crippen LogP contribution in [0.2, 0.25) is 0 Å². The zero-order valence-corrected chi connectivity index (χ0v) is 15.4. The van der Waals surface area contributed by atoms with Gasteiger partial charge >= 0.3 is 0 Å². The molecular weight excluding hydrogens is 342 g/mol. The van der Waals surface area contributed by atoms with E-state index in [4.69, 9.17) is 11.5 Å². The topological polar surface area (TPSA) is 123 Å². The molecule has 0 saturated heterocycles. The van der Waals surface area contributed by atoms with Gasteiger partial charge < -0.3 is 22.1 Å². The normalized spacial score (nSPS) is 19.3. The zero-order chi connectivity index (χ0) is 19.4. The fourth-order valence-corrected chi connectivity index (χ4v) is 3.39. The van der Waals surface area contributed by atoms with Gasteiger partial charge in [-0.25, -0.2) is 4.98 Å². The number of para-hydroxylation sites is 1. The third-order valence-electron chi connectivity index (χ3n) is 4.87. The number of rotatable bonds is 6. The van der Waals surface area contributed by atoms with Crippen molar-refractivity contribution in [2.45, 2.75) is 44.7 Å². The molecular formula is C20H25N5O2. The summed E-state index contributed by atoms with van der Waals surface area (Å²) in [6.45, 7) is 1.49. The molecule has 1 saturated carbocycles. The second-order valence-corrected chi connectivity index (χ2v) is 6.88. The number of aromatic nitrogens is 1. The van der Waals surface area contributed by atoms with Crippen LogP contribution in [0.5, 0.6) is 0 Å². The minimum atomic E-state index is -0.591. The number of anilines is 3. The molecule has 7 heteroatoms. The van der Waals surface area contributed by atoms with Crippen LogP contribution in [-0.4, -0.2) is 28.8 Å². The van der Waals surface area contributed by atoms with E-state index < -0.39 is 5.91 Å². The molecule has 1 heterocycles. The molecule has 27 heavy (non-hydrogen) atoms. The Hall–Kier alpha value is -2.93. The van der Waals surface area contributed by atoms with E-state index in [2.05, 4.69) is 15.6 Å². The van der Waals surface area contributed by atoms with Gasteiger partial charge in [-0.1, -0.05) is 25.0 Å². The molecule has 1 aromatic carbocycles. The van der Waals surface area contributed by atoms with Crippen molar-refractivity contribution in [1.29, 1.82) is 0 Å².